The molecule has 3 aliphatic carbocycles. The average Bonchev–Trinajstić information content (AvgIpc) is 3.09. The van der Waals surface area contributed by atoms with Gasteiger partial charge in [-0.1, -0.05) is 26.3 Å². The molecule has 4 fully saturated rings. The van der Waals surface area contributed by atoms with Gasteiger partial charge in [-0.3, -0.25) is 14.4 Å². The van der Waals surface area contributed by atoms with E-state index >= 15 is 0 Å². The molecule has 8 atom stereocenters. The number of fused-ring (bicyclic) bond motifs is 2. The largest absolute Gasteiger partial charge is 0.469 e. The van der Waals surface area contributed by atoms with Gasteiger partial charge < -0.3 is 14.6 Å². The zero-order valence-electron chi connectivity index (χ0n) is 24.4. The van der Waals surface area contributed by atoms with Gasteiger partial charge >= 0.3 is 11.9 Å². The molecule has 1 N–H and O–H groups in total. The third-order valence-corrected chi connectivity index (χ3v) is 11.6. The number of carbonyl (C=O) groups excluding carboxylic acids is 3. The van der Waals surface area contributed by atoms with Crippen LogP contribution in [-0.2, 0) is 23.9 Å². The predicted octanol–water partition coefficient (Wildman–Crippen LogP) is 5.65. The lowest BCUT2D eigenvalue weighted by Crippen LogP contribution is -2.68. The molecule has 0 aromatic heterocycles. The van der Waals surface area contributed by atoms with E-state index in [9.17, 15) is 19.5 Å². The lowest BCUT2D eigenvalue weighted by Gasteiger charge is -2.70. The summed E-state index contributed by atoms with van der Waals surface area (Å²) in [4.78, 5) is 38.7. The maximum Gasteiger partial charge on any atom is 0.311 e. The Morgan fingerprint density at radius 3 is 2.32 bits per heavy atom. The normalized spacial score (nSPS) is 41.9. The van der Waals surface area contributed by atoms with Gasteiger partial charge in [-0.25, -0.2) is 0 Å². The number of hydrogen-bond acceptors (Lipinski definition) is 6. The number of ether oxygens (including phenoxy) is 2. The molecule has 0 radical (unpaired) electrons. The smallest absolute Gasteiger partial charge is 0.311 e. The Labute approximate surface area is 222 Å². The summed E-state index contributed by atoms with van der Waals surface area (Å²) in [6.45, 7) is 16.4. The molecular weight excluding hydrogens is 468 g/mol. The maximum absolute atomic E-state index is 13.1. The highest BCUT2D eigenvalue weighted by molar-refractivity contribution is 5.91. The number of hydrogen-bond donors (Lipinski definition) is 1. The van der Waals surface area contributed by atoms with E-state index in [0.29, 0.717) is 12.3 Å². The van der Waals surface area contributed by atoms with Crippen molar-refractivity contribution in [3.8, 4) is 0 Å². The number of aliphatic hydroxyl groups is 1. The molecule has 208 valence electrons. The summed E-state index contributed by atoms with van der Waals surface area (Å²) < 4.78 is 11.4. The average molecular weight is 517 g/mol. The standard InChI is InChI=1S/C31H48O6/c1-18(14-19(32)16-27(2,3)35)20-10-12-30(7)21(20)15-22-25-29(6,17-24(33)37-22)23(11-13-31(25,30)8)28(4,5)26(34)36-9/h14,20-23,25,35H,10-13,15-17H2,1-9H3. The summed E-state index contributed by atoms with van der Waals surface area (Å²) in [5.41, 5.74) is -1.01. The highest BCUT2D eigenvalue weighted by atomic mass is 16.5. The van der Waals surface area contributed by atoms with Gasteiger partial charge in [0.15, 0.2) is 5.78 Å². The van der Waals surface area contributed by atoms with Gasteiger partial charge in [-0.15, -0.1) is 0 Å². The fourth-order valence-corrected chi connectivity index (χ4v) is 10.0. The van der Waals surface area contributed by atoms with Gasteiger partial charge in [0.1, 0.15) is 6.10 Å². The molecule has 1 aliphatic heterocycles. The van der Waals surface area contributed by atoms with Crippen molar-refractivity contribution in [2.75, 3.05) is 7.11 Å². The first-order valence-electron chi connectivity index (χ1n) is 14.1. The van der Waals surface area contributed by atoms with E-state index in [1.807, 2.05) is 13.8 Å². The van der Waals surface area contributed by atoms with Gasteiger partial charge in [0.05, 0.1) is 24.5 Å². The lowest BCUT2D eigenvalue weighted by molar-refractivity contribution is -0.259. The van der Waals surface area contributed by atoms with Crippen LogP contribution < -0.4 is 0 Å². The topological polar surface area (TPSA) is 89.9 Å². The van der Waals surface area contributed by atoms with Gasteiger partial charge in [0, 0.05) is 12.3 Å². The van der Waals surface area contributed by atoms with Crippen LogP contribution in [0.4, 0.5) is 0 Å². The van der Waals surface area contributed by atoms with Crippen LogP contribution in [0.3, 0.4) is 0 Å². The molecule has 1 saturated heterocycles. The first kappa shape index (κ1) is 28.3. The Kier molecular flexibility index (Phi) is 6.83. The summed E-state index contributed by atoms with van der Waals surface area (Å²) in [5, 5.41) is 10.1. The summed E-state index contributed by atoms with van der Waals surface area (Å²) in [7, 11) is 1.45. The van der Waals surface area contributed by atoms with Crippen LogP contribution in [0.1, 0.15) is 100 Å². The summed E-state index contributed by atoms with van der Waals surface area (Å²) in [6.07, 6.45) is 6.72. The van der Waals surface area contributed by atoms with Crippen LogP contribution in [0.25, 0.3) is 0 Å². The fraction of sp³-hybridized carbons (Fsp3) is 0.839. The number of ketones is 1. The third kappa shape index (κ3) is 4.30. The van der Waals surface area contributed by atoms with E-state index < -0.39 is 11.0 Å². The second-order valence-corrected chi connectivity index (χ2v) is 14.7. The van der Waals surface area contributed by atoms with Crippen molar-refractivity contribution in [2.24, 2.45) is 45.3 Å². The van der Waals surface area contributed by atoms with E-state index in [1.165, 1.54) is 7.11 Å². The molecule has 1 heterocycles. The molecule has 0 amide bonds. The fourth-order valence-electron chi connectivity index (χ4n) is 10.0. The number of rotatable bonds is 6. The third-order valence-electron chi connectivity index (χ3n) is 11.6. The summed E-state index contributed by atoms with van der Waals surface area (Å²) in [6, 6.07) is 0. The molecule has 0 bridgehead atoms. The van der Waals surface area contributed by atoms with Crippen molar-refractivity contribution in [1.29, 1.82) is 0 Å². The van der Waals surface area contributed by atoms with Crippen molar-refractivity contribution in [1.82, 2.24) is 0 Å². The molecule has 8 unspecified atom stereocenters. The SMILES string of the molecule is COC(=O)C(C)(C)C1CCC2(C)C3C(CC4C(C(C)=CC(=O)CC(C)(C)O)CCC42C)OC(=O)CC13C. The highest BCUT2D eigenvalue weighted by Crippen LogP contribution is 2.75. The molecule has 0 aromatic carbocycles. The summed E-state index contributed by atoms with van der Waals surface area (Å²) in [5.74, 6) is 0.344. The Hall–Kier alpha value is -1.69. The minimum Gasteiger partial charge on any atom is -0.469 e. The zero-order valence-corrected chi connectivity index (χ0v) is 24.4. The lowest BCUT2D eigenvalue weighted by atomic mass is 9.36. The van der Waals surface area contributed by atoms with E-state index in [0.717, 1.165) is 37.7 Å². The van der Waals surface area contributed by atoms with Crippen molar-refractivity contribution in [3.63, 3.8) is 0 Å². The van der Waals surface area contributed by atoms with Crippen LogP contribution >= 0.6 is 0 Å². The number of allylic oxidation sites excluding steroid dienone is 2. The Balaban J connectivity index is 1.72. The molecule has 6 heteroatoms. The minimum atomic E-state index is -1.03. The van der Waals surface area contributed by atoms with Crippen molar-refractivity contribution < 1.29 is 29.0 Å². The van der Waals surface area contributed by atoms with Crippen molar-refractivity contribution in [2.45, 2.75) is 112 Å². The molecule has 6 nitrogen and oxygen atoms in total. The molecule has 0 aromatic rings. The molecule has 37 heavy (non-hydrogen) atoms. The van der Waals surface area contributed by atoms with Crippen LogP contribution in [-0.4, -0.2) is 41.6 Å². The summed E-state index contributed by atoms with van der Waals surface area (Å²) >= 11 is 0. The van der Waals surface area contributed by atoms with Crippen molar-refractivity contribution in [3.05, 3.63) is 11.6 Å². The second kappa shape index (κ2) is 8.93. The Morgan fingerprint density at radius 2 is 1.73 bits per heavy atom. The Morgan fingerprint density at radius 1 is 1.11 bits per heavy atom. The van der Waals surface area contributed by atoms with E-state index in [-0.39, 0.29) is 64.2 Å². The quantitative estimate of drug-likeness (QED) is 0.362. The first-order chi connectivity index (χ1) is 16.9. The van der Waals surface area contributed by atoms with E-state index in [1.54, 1.807) is 19.9 Å². The number of carbonyl (C=O) groups is 3. The van der Waals surface area contributed by atoms with Crippen LogP contribution in [0, 0.1) is 45.3 Å². The van der Waals surface area contributed by atoms with E-state index in [4.69, 9.17) is 9.47 Å². The van der Waals surface area contributed by atoms with Gasteiger partial charge in [-0.05, 0) is 107 Å². The predicted molar refractivity (Wildman–Crippen MR) is 141 cm³/mol. The monoisotopic (exact) mass is 516 g/mol. The van der Waals surface area contributed by atoms with Gasteiger partial charge in [0.25, 0.3) is 0 Å². The second-order valence-electron chi connectivity index (χ2n) is 14.7. The van der Waals surface area contributed by atoms with Crippen LogP contribution in [0.2, 0.25) is 0 Å². The molecule has 3 saturated carbocycles. The number of esters is 2. The number of methoxy groups -OCH3 is 1. The van der Waals surface area contributed by atoms with E-state index in [2.05, 4.69) is 27.7 Å². The molecular formula is C31H48O6. The Bertz CT molecular complexity index is 1000. The van der Waals surface area contributed by atoms with Gasteiger partial charge in [0.2, 0.25) is 0 Å². The van der Waals surface area contributed by atoms with Gasteiger partial charge in [-0.2, -0.15) is 0 Å². The van der Waals surface area contributed by atoms with Crippen molar-refractivity contribution >= 4 is 17.7 Å². The molecule has 4 aliphatic rings. The molecule has 4 rings (SSSR count). The maximum atomic E-state index is 13.1. The molecule has 0 spiro atoms. The zero-order chi connectivity index (χ0) is 27.8. The van der Waals surface area contributed by atoms with Crippen LogP contribution in [0.5, 0.6) is 0 Å². The highest BCUT2D eigenvalue weighted by Gasteiger charge is 2.72. The minimum absolute atomic E-state index is 0.0271. The van der Waals surface area contributed by atoms with Crippen LogP contribution in [0.15, 0.2) is 11.6 Å². The first-order valence-corrected chi connectivity index (χ1v) is 14.1.